The Morgan fingerprint density at radius 3 is 2.80 bits per heavy atom. The molecule has 0 saturated heterocycles. The van der Waals surface area contributed by atoms with Crippen LogP contribution in [0.5, 0.6) is 5.75 Å². The lowest BCUT2D eigenvalue weighted by Crippen LogP contribution is -1.82. The lowest BCUT2D eigenvalue weighted by Gasteiger charge is -1.97. The van der Waals surface area contributed by atoms with E-state index in [4.69, 9.17) is 28.3 Å². The van der Waals surface area contributed by atoms with E-state index in [0.717, 1.165) is 0 Å². The zero-order valence-electron chi connectivity index (χ0n) is 5.01. The van der Waals surface area contributed by atoms with Gasteiger partial charge in [-0.05, 0) is 6.07 Å². The van der Waals surface area contributed by atoms with Gasteiger partial charge in [0, 0.05) is 5.56 Å². The molecule has 2 nitrogen and oxygen atoms in total. The number of halogens is 2. The van der Waals surface area contributed by atoms with Gasteiger partial charge in [0.05, 0.1) is 12.1 Å². The molecule has 0 atom stereocenters. The fourth-order valence-corrected chi connectivity index (χ4v) is 1.02. The van der Waals surface area contributed by atoms with Gasteiger partial charge >= 0.3 is 0 Å². The minimum absolute atomic E-state index is 0.0834. The molecule has 4 heteroatoms. The van der Waals surface area contributed by atoms with E-state index in [1.807, 2.05) is 0 Å². The van der Waals surface area contributed by atoms with E-state index in [9.17, 15) is 0 Å². The lowest BCUT2D eigenvalue weighted by molar-refractivity contribution is 0.472. The highest BCUT2D eigenvalue weighted by molar-refractivity contribution is 6.31. The molecule has 0 unspecified atom stereocenters. The van der Waals surface area contributed by atoms with Crippen molar-refractivity contribution >= 4 is 23.2 Å². The zero-order valence-corrected chi connectivity index (χ0v) is 6.52. The molecule has 0 aliphatic rings. The van der Waals surface area contributed by atoms with Crippen molar-refractivity contribution in [1.29, 1.82) is 0 Å². The van der Waals surface area contributed by atoms with Gasteiger partial charge in [0.1, 0.15) is 10.9 Å². The number of hydrogen-bond donors (Lipinski definition) is 1. The molecular weight excluding hydrogens is 173 g/mol. The van der Waals surface area contributed by atoms with E-state index >= 15 is 0 Å². The second-order valence-electron chi connectivity index (χ2n) is 1.78. The maximum atomic E-state index is 8.89. The number of nitrogens with zero attached hydrogens (tertiary/aromatic N) is 1. The molecule has 1 rings (SSSR count). The molecule has 1 heterocycles. The predicted octanol–water partition coefficient (Wildman–Crippen LogP) is 2.18. The highest BCUT2D eigenvalue weighted by atomic mass is 35.5. The SMILES string of the molecule is Oc1cnc(Cl)c(CCl)c1. The van der Waals surface area contributed by atoms with Crippen LogP contribution in [0.1, 0.15) is 5.56 Å². The summed E-state index contributed by atoms with van der Waals surface area (Å²) < 4.78 is 0. The average Bonchev–Trinajstić information content (AvgIpc) is 1.94. The summed E-state index contributed by atoms with van der Waals surface area (Å²) in [5, 5.41) is 9.23. The molecule has 0 bridgehead atoms. The Bertz CT molecular complexity index is 239. The minimum Gasteiger partial charge on any atom is -0.506 e. The quantitative estimate of drug-likeness (QED) is 0.528. The van der Waals surface area contributed by atoms with Crippen LogP contribution < -0.4 is 0 Å². The summed E-state index contributed by atoms with van der Waals surface area (Å²) in [4.78, 5) is 3.68. The molecule has 0 aliphatic carbocycles. The normalized spacial score (nSPS) is 9.80. The maximum absolute atomic E-state index is 8.89. The third-order valence-electron chi connectivity index (χ3n) is 1.04. The van der Waals surface area contributed by atoms with Crippen molar-refractivity contribution in [1.82, 2.24) is 4.98 Å². The molecule has 0 saturated carbocycles. The van der Waals surface area contributed by atoms with Gasteiger partial charge in [-0.3, -0.25) is 0 Å². The molecule has 0 fully saturated rings. The molecule has 1 aromatic heterocycles. The van der Waals surface area contributed by atoms with Gasteiger partial charge in [-0.15, -0.1) is 11.6 Å². The van der Waals surface area contributed by atoms with Gasteiger partial charge < -0.3 is 5.11 Å². The lowest BCUT2D eigenvalue weighted by atomic mass is 10.3. The smallest absolute Gasteiger partial charge is 0.134 e. The van der Waals surface area contributed by atoms with Gasteiger partial charge in [0.2, 0.25) is 0 Å². The molecule has 1 N–H and O–H groups in total. The van der Waals surface area contributed by atoms with Crippen molar-refractivity contribution in [3.05, 3.63) is 23.0 Å². The van der Waals surface area contributed by atoms with Crippen molar-refractivity contribution in [3.63, 3.8) is 0 Å². The van der Waals surface area contributed by atoms with Gasteiger partial charge in [-0.25, -0.2) is 4.98 Å². The monoisotopic (exact) mass is 177 g/mol. The maximum Gasteiger partial charge on any atom is 0.134 e. The molecule has 0 amide bonds. The Morgan fingerprint density at radius 2 is 2.30 bits per heavy atom. The summed E-state index contributed by atoms with van der Waals surface area (Å²) in [5.74, 6) is 0.348. The Kier molecular flexibility index (Phi) is 2.35. The number of alkyl halides is 1. The molecule has 0 aromatic carbocycles. The van der Waals surface area contributed by atoms with E-state index < -0.39 is 0 Å². The zero-order chi connectivity index (χ0) is 7.56. The minimum atomic E-state index is 0.0834. The number of rotatable bonds is 1. The van der Waals surface area contributed by atoms with E-state index in [0.29, 0.717) is 10.7 Å². The Balaban J connectivity index is 3.09. The van der Waals surface area contributed by atoms with Crippen LogP contribution in [0.2, 0.25) is 5.15 Å². The molecular formula is C6H5Cl2NO. The third-order valence-corrected chi connectivity index (χ3v) is 1.67. The largest absolute Gasteiger partial charge is 0.506 e. The first-order chi connectivity index (χ1) is 4.74. The summed E-state index contributed by atoms with van der Waals surface area (Å²) in [6.45, 7) is 0. The van der Waals surface area contributed by atoms with Crippen LogP contribution in [0, 0.1) is 0 Å². The number of pyridine rings is 1. The van der Waals surface area contributed by atoms with Crippen molar-refractivity contribution < 1.29 is 5.11 Å². The predicted molar refractivity (Wildman–Crippen MR) is 40.5 cm³/mol. The fraction of sp³-hybridized carbons (Fsp3) is 0.167. The van der Waals surface area contributed by atoms with Crippen molar-refractivity contribution in [2.75, 3.05) is 0 Å². The molecule has 10 heavy (non-hydrogen) atoms. The van der Waals surface area contributed by atoms with Crippen LogP contribution in [0.4, 0.5) is 0 Å². The van der Waals surface area contributed by atoms with Crippen LogP contribution in [-0.2, 0) is 5.88 Å². The summed E-state index contributed by atoms with van der Waals surface area (Å²) in [6.07, 6.45) is 1.28. The van der Waals surface area contributed by atoms with Gasteiger partial charge in [-0.2, -0.15) is 0 Å². The van der Waals surface area contributed by atoms with E-state index in [2.05, 4.69) is 4.98 Å². The van der Waals surface area contributed by atoms with E-state index in [1.165, 1.54) is 12.3 Å². The van der Waals surface area contributed by atoms with Gasteiger partial charge in [0.15, 0.2) is 0 Å². The van der Waals surface area contributed by atoms with Crippen LogP contribution in [0.3, 0.4) is 0 Å². The van der Waals surface area contributed by atoms with Crippen LogP contribution in [0.25, 0.3) is 0 Å². The second kappa shape index (κ2) is 3.08. The first-order valence-electron chi connectivity index (χ1n) is 2.63. The second-order valence-corrected chi connectivity index (χ2v) is 2.40. The number of aromatic hydroxyl groups is 1. The number of hydrogen-bond acceptors (Lipinski definition) is 2. The van der Waals surface area contributed by atoms with Crippen LogP contribution in [0.15, 0.2) is 12.3 Å². The summed E-state index contributed by atoms with van der Waals surface area (Å²) in [6, 6.07) is 1.49. The van der Waals surface area contributed by atoms with Crippen molar-refractivity contribution in [3.8, 4) is 5.75 Å². The van der Waals surface area contributed by atoms with Gasteiger partial charge in [-0.1, -0.05) is 11.6 Å². The number of aromatic nitrogens is 1. The average molecular weight is 178 g/mol. The molecule has 1 aromatic rings. The molecule has 0 radical (unpaired) electrons. The fourth-order valence-electron chi connectivity index (χ4n) is 0.575. The molecule has 0 aliphatic heterocycles. The first kappa shape index (κ1) is 7.63. The Hall–Kier alpha value is -0.470. The van der Waals surface area contributed by atoms with Crippen LogP contribution in [-0.4, -0.2) is 10.1 Å². The van der Waals surface area contributed by atoms with Crippen molar-refractivity contribution in [2.24, 2.45) is 0 Å². The van der Waals surface area contributed by atoms with Crippen molar-refractivity contribution in [2.45, 2.75) is 5.88 Å². The molecule has 54 valence electrons. The van der Waals surface area contributed by atoms with E-state index in [1.54, 1.807) is 0 Å². The molecule has 0 spiro atoms. The highest BCUT2D eigenvalue weighted by Crippen LogP contribution is 2.19. The Labute approximate surface area is 68.4 Å². The standard InChI is InChI=1S/C6H5Cl2NO/c7-2-4-1-5(10)3-9-6(4)8/h1,3,10H,2H2. The summed E-state index contributed by atoms with van der Waals surface area (Å²) in [5.41, 5.74) is 0.642. The third kappa shape index (κ3) is 1.52. The van der Waals surface area contributed by atoms with E-state index in [-0.39, 0.29) is 11.6 Å². The highest BCUT2D eigenvalue weighted by Gasteiger charge is 1.99. The first-order valence-corrected chi connectivity index (χ1v) is 3.54. The van der Waals surface area contributed by atoms with Crippen LogP contribution >= 0.6 is 23.2 Å². The topological polar surface area (TPSA) is 33.1 Å². The summed E-state index contributed by atoms with van der Waals surface area (Å²) in [7, 11) is 0. The van der Waals surface area contributed by atoms with Gasteiger partial charge in [0.25, 0.3) is 0 Å². The Morgan fingerprint density at radius 1 is 1.60 bits per heavy atom. The summed E-state index contributed by atoms with van der Waals surface area (Å²) >= 11 is 11.1.